The van der Waals surface area contributed by atoms with Crippen LogP contribution in [0.1, 0.15) is 122 Å². The number of rotatable bonds is 14. The first kappa shape index (κ1) is 35.5. The van der Waals surface area contributed by atoms with Gasteiger partial charge in [-0.2, -0.15) is 0 Å². The van der Waals surface area contributed by atoms with E-state index in [-0.39, 0.29) is 53.2 Å². The molecule has 0 saturated carbocycles. The maximum absolute atomic E-state index is 13.9. The second kappa shape index (κ2) is 14.4. The molecule has 3 rings (SSSR count). The lowest BCUT2D eigenvalue weighted by atomic mass is 9.76. The van der Waals surface area contributed by atoms with Crippen LogP contribution in [-0.4, -0.2) is 67.8 Å². The normalized spacial score (nSPS) is 32.2. The molecule has 1 aromatic rings. The van der Waals surface area contributed by atoms with Crippen LogP contribution >= 0.6 is 0 Å². The van der Waals surface area contributed by atoms with Crippen LogP contribution in [-0.2, 0) is 27.1 Å². The van der Waals surface area contributed by atoms with E-state index in [1.54, 1.807) is 19.1 Å². The first-order chi connectivity index (χ1) is 20.2. The SMILES string of the molecule is CCc1ccc(CC[C@@H](C)[C@H](O)[C@H](C)C(=O)[C@H](CC)[C@H]2O[C@](CC)([C@H]3CC[C@](O)(CC)[C@H](C)O3)C[C@@H]2C)c(C(=O)O)c1O. The number of benzene rings is 1. The van der Waals surface area contributed by atoms with E-state index in [1.165, 1.54) is 0 Å². The summed E-state index contributed by atoms with van der Waals surface area (Å²) in [5.41, 5.74) is -0.322. The summed E-state index contributed by atoms with van der Waals surface area (Å²) in [6.07, 6.45) is 3.87. The maximum Gasteiger partial charge on any atom is 0.339 e. The lowest BCUT2D eigenvalue weighted by Crippen LogP contribution is -2.55. The number of ether oxygens (including phenoxy) is 2. The largest absolute Gasteiger partial charge is 0.507 e. The van der Waals surface area contributed by atoms with Gasteiger partial charge in [-0.1, -0.05) is 60.6 Å². The minimum atomic E-state index is -1.17. The molecule has 0 aliphatic carbocycles. The van der Waals surface area contributed by atoms with Gasteiger partial charge in [-0.3, -0.25) is 4.79 Å². The number of carbonyl (C=O) groups is 2. The zero-order valence-corrected chi connectivity index (χ0v) is 27.6. The number of aromatic carboxylic acids is 1. The highest BCUT2D eigenvalue weighted by molar-refractivity contribution is 5.93. The lowest BCUT2D eigenvalue weighted by Gasteiger charge is -2.47. The molecule has 8 nitrogen and oxygen atoms in total. The summed E-state index contributed by atoms with van der Waals surface area (Å²) in [5, 5.41) is 42.4. The van der Waals surface area contributed by atoms with Crippen molar-refractivity contribution in [1.82, 2.24) is 0 Å². The second-order valence-corrected chi connectivity index (χ2v) is 13.4. The quantitative estimate of drug-likeness (QED) is 0.200. The highest BCUT2D eigenvalue weighted by Gasteiger charge is 2.55. The van der Waals surface area contributed by atoms with Crippen molar-refractivity contribution < 1.29 is 39.5 Å². The number of aromatic hydroxyl groups is 1. The molecule has 0 spiro atoms. The Labute approximate surface area is 258 Å². The standard InChI is InChI=1S/C35H56O8/c1-9-24-15-16-25(28(31(24)38)33(39)40)14-13-20(5)29(36)22(7)30(37)26(10-2)32-21(6)19-35(12-4,43-32)27-17-18-34(41,11-3)23(8)42-27/h15-16,20-23,26-27,29,32,36,38,41H,9-14,17-19H2,1-8H3,(H,39,40)/t20-,21+,22+,23+,26+,27-,29+,32+,34-,35+/m1/s1. The Morgan fingerprint density at radius 1 is 1.07 bits per heavy atom. The monoisotopic (exact) mass is 604 g/mol. The van der Waals surface area contributed by atoms with Gasteiger partial charge in [0.2, 0.25) is 0 Å². The molecule has 10 atom stereocenters. The van der Waals surface area contributed by atoms with Crippen LogP contribution in [0.2, 0.25) is 0 Å². The minimum absolute atomic E-state index is 0.0138. The Bertz CT molecular complexity index is 1120. The zero-order chi connectivity index (χ0) is 32.3. The fourth-order valence-electron chi connectivity index (χ4n) is 7.67. The van der Waals surface area contributed by atoms with Gasteiger partial charge in [-0.05, 0) is 87.7 Å². The zero-order valence-electron chi connectivity index (χ0n) is 27.6. The van der Waals surface area contributed by atoms with Crippen molar-refractivity contribution in [1.29, 1.82) is 0 Å². The van der Waals surface area contributed by atoms with Gasteiger partial charge in [0.05, 0.1) is 35.6 Å². The molecule has 1 aromatic carbocycles. The van der Waals surface area contributed by atoms with Crippen LogP contribution in [0.25, 0.3) is 0 Å². The highest BCUT2D eigenvalue weighted by atomic mass is 16.6. The molecule has 4 N–H and O–H groups in total. The van der Waals surface area contributed by atoms with Crippen molar-refractivity contribution in [2.24, 2.45) is 23.7 Å². The number of carboxylic acid groups (broad SMARTS) is 1. The smallest absolute Gasteiger partial charge is 0.339 e. The van der Waals surface area contributed by atoms with Crippen LogP contribution < -0.4 is 0 Å². The number of ketones is 1. The average molecular weight is 605 g/mol. The summed E-state index contributed by atoms with van der Waals surface area (Å²) in [4.78, 5) is 25.8. The van der Waals surface area contributed by atoms with Gasteiger partial charge in [0.25, 0.3) is 0 Å². The summed E-state index contributed by atoms with van der Waals surface area (Å²) < 4.78 is 13.3. The molecule has 43 heavy (non-hydrogen) atoms. The fraction of sp³-hybridized carbons (Fsp3) is 0.771. The molecule has 244 valence electrons. The molecule has 2 saturated heterocycles. The van der Waals surface area contributed by atoms with Gasteiger partial charge >= 0.3 is 5.97 Å². The molecule has 0 amide bonds. The predicted octanol–water partition coefficient (Wildman–Crippen LogP) is 6.10. The summed E-state index contributed by atoms with van der Waals surface area (Å²) >= 11 is 0. The molecule has 0 bridgehead atoms. The molecular weight excluding hydrogens is 548 g/mol. The van der Waals surface area contributed by atoms with Crippen LogP contribution in [0.15, 0.2) is 12.1 Å². The topological polar surface area (TPSA) is 134 Å². The summed E-state index contributed by atoms with van der Waals surface area (Å²) in [6, 6.07) is 3.49. The number of aliphatic hydroxyl groups is 2. The number of aliphatic hydroxyl groups excluding tert-OH is 1. The van der Waals surface area contributed by atoms with Gasteiger partial charge in [-0.25, -0.2) is 4.79 Å². The van der Waals surface area contributed by atoms with Gasteiger partial charge < -0.3 is 29.9 Å². The van der Waals surface area contributed by atoms with Gasteiger partial charge in [0, 0.05) is 11.8 Å². The van der Waals surface area contributed by atoms with E-state index in [0.29, 0.717) is 56.1 Å². The van der Waals surface area contributed by atoms with Crippen molar-refractivity contribution in [3.63, 3.8) is 0 Å². The summed E-state index contributed by atoms with van der Waals surface area (Å²) in [7, 11) is 0. The lowest BCUT2D eigenvalue weighted by molar-refractivity contribution is -0.229. The Kier molecular flexibility index (Phi) is 11.9. The molecule has 8 heteroatoms. The number of carboxylic acids is 1. The van der Waals surface area contributed by atoms with Crippen molar-refractivity contribution >= 4 is 11.8 Å². The summed E-state index contributed by atoms with van der Waals surface area (Å²) in [5.74, 6) is -2.50. The van der Waals surface area contributed by atoms with Crippen molar-refractivity contribution in [3.05, 3.63) is 28.8 Å². The van der Waals surface area contributed by atoms with E-state index in [2.05, 4.69) is 13.8 Å². The Hall–Kier alpha value is -2.00. The van der Waals surface area contributed by atoms with E-state index < -0.39 is 29.2 Å². The van der Waals surface area contributed by atoms with Gasteiger partial charge in [0.1, 0.15) is 17.1 Å². The first-order valence-corrected chi connectivity index (χ1v) is 16.5. The molecule has 2 aliphatic heterocycles. The average Bonchev–Trinajstić information content (AvgIpc) is 3.33. The van der Waals surface area contributed by atoms with Crippen molar-refractivity contribution in [2.75, 3.05) is 0 Å². The molecule has 0 aromatic heterocycles. The van der Waals surface area contributed by atoms with Gasteiger partial charge in [-0.15, -0.1) is 0 Å². The van der Waals surface area contributed by atoms with Crippen molar-refractivity contribution in [3.8, 4) is 5.75 Å². The molecule has 2 aliphatic rings. The second-order valence-electron chi connectivity index (χ2n) is 13.4. The third kappa shape index (κ3) is 7.13. The fourth-order valence-corrected chi connectivity index (χ4v) is 7.67. The van der Waals surface area contributed by atoms with E-state index in [1.807, 2.05) is 34.6 Å². The number of aryl methyl sites for hydroxylation is 2. The number of hydrogen-bond donors (Lipinski definition) is 4. The maximum atomic E-state index is 13.9. The molecule has 0 unspecified atom stereocenters. The van der Waals surface area contributed by atoms with Crippen LogP contribution in [0, 0.1) is 23.7 Å². The Morgan fingerprint density at radius 3 is 2.26 bits per heavy atom. The van der Waals surface area contributed by atoms with Crippen LogP contribution in [0.3, 0.4) is 0 Å². The molecule has 2 fully saturated rings. The number of carbonyl (C=O) groups excluding carboxylic acids is 1. The molecular formula is C35H56O8. The third-order valence-electron chi connectivity index (χ3n) is 10.9. The third-order valence-corrected chi connectivity index (χ3v) is 10.9. The minimum Gasteiger partial charge on any atom is -0.507 e. The molecule has 2 heterocycles. The van der Waals surface area contributed by atoms with E-state index in [0.717, 1.165) is 12.8 Å². The molecule has 0 radical (unpaired) electrons. The van der Waals surface area contributed by atoms with E-state index in [9.17, 15) is 30.0 Å². The number of Topliss-reactive ketones (excluding diaryl/α,β-unsaturated/α-hetero) is 1. The van der Waals surface area contributed by atoms with Crippen LogP contribution in [0.5, 0.6) is 5.75 Å². The van der Waals surface area contributed by atoms with Crippen molar-refractivity contribution in [2.45, 2.75) is 149 Å². The van der Waals surface area contributed by atoms with E-state index >= 15 is 0 Å². The first-order valence-electron chi connectivity index (χ1n) is 16.5. The predicted molar refractivity (Wildman–Crippen MR) is 166 cm³/mol. The van der Waals surface area contributed by atoms with Gasteiger partial charge in [0.15, 0.2) is 0 Å². The number of phenols is 1. The Morgan fingerprint density at radius 2 is 1.72 bits per heavy atom. The Balaban J connectivity index is 1.70. The number of hydrogen-bond acceptors (Lipinski definition) is 7. The van der Waals surface area contributed by atoms with Crippen LogP contribution in [0.4, 0.5) is 0 Å². The van der Waals surface area contributed by atoms with E-state index in [4.69, 9.17) is 9.47 Å². The highest BCUT2D eigenvalue weighted by Crippen LogP contribution is 2.48. The summed E-state index contributed by atoms with van der Waals surface area (Å²) in [6.45, 7) is 15.7.